The van der Waals surface area contributed by atoms with Crippen molar-refractivity contribution in [3.63, 3.8) is 0 Å². The lowest BCUT2D eigenvalue weighted by atomic mass is 10.1. The van der Waals surface area contributed by atoms with E-state index in [4.69, 9.17) is 4.74 Å². The zero-order chi connectivity index (χ0) is 22.3. The molecule has 4 rings (SSSR count). The second kappa shape index (κ2) is 10.5. The van der Waals surface area contributed by atoms with Crippen LogP contribution in [0.4, 0.5) is 0 Å². The van der Waals surface area contributed by atoms with E-state index in [0.717, 1.165) is 28.9 Å². The lowest BCUT2D eigenvalue weighted by Gasteiger charge is -2.26. The highest BCUT2D eigenvalue weighted by atomic mass is 16.5. The van der Waals surface area contributed by atoms with Gasteiger partial charge in [0.05, 0.1) is 31.1 Å². The van der Waals surface area contributed by atoms with Crippen molar-refractivity contribution in [2.75, 3.05) is 26.2 Å². The Morgan fingerprint density at radius 2 is 1.91 bits per heavy atom. The number of ether oxygens (including phenoxy) is 1. The van der Waals surface area contributed by atoms with Gasteiger partial charge < -0.3 is 9.64 Å². The second-order valence-electron chi connectivity index (χ2n) is 8.79. The maximum absolute atomic E-state index is 13.1. The molecule has 7 heteroatoms. The summed E-state index contributed by atoms with van der Waals surface area (Å²) in [5, 5.41) is 7.39. The Kier molecular flexibility index (Phi) is 7.29. The number of benzene rings is 1. The largest absolute Gasteiger partial charge is 0.370 e. The van der Waals surface area contributed by atoms with Crippen molar-refractivity contribution in [1.82, 2.24) is 25.0 Å². The molecule has 0 spiro atoms. The van der Waals surface area contributed by atoms with Gasteiger partial charge in [0, 0.05) is 44.1 Å². The third-order valence-electron chi connectivity index (χ3n) is 5.59. The third-order valence-corrected chi connectivity index (χ3v) is 5.59. The highest BCUT2D eigenvalue weighted by Gasteiger charge is 2.29. The van der Waals surface area contributed by atoms with Crippen LogP contribution in [-0.4, -0.2) is 63.2 Å². The minimum Gasteiger partial charge on any atom is -0.370 e. The van der Waals surface area contributed by atoms with Gasteiger partial charge in [0.15, 0.2) is 0 Å². The topological polar surface area (TPSA) is 74.3 Å². The molecule has 1 aliphatic heterocycles. The summed E-state index contributed by atoms with van der Waals surface area (Å²) in [6, 6.07) is 14.1. The van der Waals surface area contributed by atoms with Crippen LogP contribution in [0.2, 0.25) is 0 Å². The summed E-state index contributed by atoms with van der Waals surface area (Å²) in [6.07, 6.45) is 5.34. The summed E-state index contributed by atoms with van der Waals surface area (Å²) in [6.45, 7) is 7.83. The van der Waals surface area contributed by atoms with Crippen LogP contribution in [0, 0.1) is 5.92 Å². The van der Waals surface area contributed by atoms with E-state index in [1.165, 1.54) is 0 Å². The molecule has 32 heavy (non-hydrogen) atoms. The van der Waals surface area contributed by atoms with Crippen molar-refractivity contribution in [3.05, 3.63) is 72.2 Å². The summed E-state index contributed by atoms with van der Waals surface area (Å²) in [4.78, 5) is 21.3. The number of hydrogen-bond acceptors (Lipinski definition) is 5. The molecule has 0 saturated carbocycles. The van der Waals surface area contributed by atoms with Crippen LogP contribution in [0.15, 0.2) is 61.1 Å². The molecule has 1 atom stereocenters. The predicted octanol–water partition coefficient (Wildman–Crippen LogP) is 3.36. The normalized spacial score (nSPS) is 17.7. The molecule has 1 fully saturated rings. The van der Waals surface area contributed by atoms with Crippen molar-refractivity contribution in [3.8, 4) is 11.3 Å². The van der Waals surface area contributed by atoms with Crippen LogP contribution in [0.5, 0.6) is 0 Å². The Balaban J connectivity index is 1.50. The number of pyridine rings is 1. The average Bonchev–Trinajstić information content (AvgIpc) is 3.20. The van der Waals surface area contributed by atoms with Gasteiger partial charge in [-0.1, -0.05) is 44.2 Å². The van der Waals surface area contributed by atoms with Crippen molar-refractivity contribution in [2.45, 2.75) is 33.1 Å². The second-order valence-corrected chi connectivity index (χ2v) is 8.79. The molecule has 1 saturated heterocycles. The van der Waals surface area contributed by atoms with Crippen molar-refractivity contribution >= 4 is 5.91 Å². The quantitative estimate of drug-likeness (QED) is 0.590. The molecule has 1 N–H and O–H groups in total. The molecule has 0 aliphatic carbocycles. The van der Waals surface area contributed by atoms with Gasteiger partial charge in [0.2, 0.25) is 5.91 Å². The number of aromatic nitrogens is 3. The van der Waals surface area contributed by atoms with Gasteiger partial charge in [-0.25, -0.2) is 0 Å². The van der Waals surface area contributed by atoms with Gasteiger partial charge in [0.25, 0.3) is 0 Å². The molecule has 0 radical (unpaired) electrons. The van der Waals surface area contributed by atoms with Crippen LogP contribution < -0.4 is 0 Å². The van der Waals surface area contributed by atoms with Gasteiger partial charge in [-0.3, -0.25) is 19.8 Å². The Labute approximate surface area is 189 Å². The van der Waals surface area contributed by atoms with Crippen molar-refractivity contribution < 1.29 is 9.53 Å². The average molecular weight is 434 g/mol. The predicted molar refractivity (Wildman–Crippen MR) is 124 cm³/mol. The van der Waals surface area contributed by atoms with E-state index < -0.39 is 0 Å². The summed E-state index contributed by atoms with van der Waals surface area (Å²) < 4.78 is 6.29. The van der Waals surface area contributed by atoms with E-state index in [0.29, 0.717) is 38.7 Å². The molecule has 0 bridgehead atoms. The summed E-state index contributed by atoms with van der Waals surface area (Å²) >= 11 is 0. The van der Waals surface area contributed by atoms with Crippen molar-refractivity contribution in [2.24, 2.45) is 5.92 Å². The van der Waals surface area contributed by atoms with Crippen LogP contribution in [0.25, 0.3) is 11.3 Å². The number of aromatic amines is 1. The summed E-state index contributed by atoms with van der Waals surface area (Å²) in [7, 11) is 0. The first-order valence-corrected chi connectivity index (χ1v) is 11.2. The molecule has 2 aromatic heterocycles. The molecule has 1 aliphatic rings. The Bertz CT molecular complexity index is 990. The zero-order valence-electron chi connectivity index (χ0n) is 18.8. The van der Waals surface area contributed by atoms with E-state index in [2.05, 4.69) is 46.1 Å². The van der Waals surface area contributed by atoms with Gasteiger partial charge in [-0.15, -0.1) is 0 Å². The molecule has 168 valence electrons. The lowest BCUT2D eigenvalue weighted by molar-refractivity contribution is -0.132. The molecule has 3 aromatic rings. The molecule has 1 aromatic carbocycles. The van der Waals surface area contributed by atoms with Gasteiger partial charge >= 0.3 is 0 Å². The molecular weight excluding hydrogens is 402 g/mol. The minimum absolute atomic E-state index is 0.0690. The van der Waals surface area contributed by atoms with Crippen molar-refractivity contribution in [1.29, 1.82) is 0 Å². The standard InChI is InChI=1S/C25H31N5O2/c1-19(2)13-30-16-23(32-18-20-8-10-26-11-9-20)15-29(17-24(30)31)14-22-12-27-28-25(22)21-6-4-3-5-7-21/h3-12,19,23H,13-18H2,1-2H3,(H,27,28). The van der Waals surface area contributed by atoms with E-state index >= 15 is 0 Å². The first-order valence-electron chi connectivity index (χ1n) is 11.2. The fourth-order valence-electron chi connectivity index (χ4n) is 4.11. The number of carbonyl (C=O) groups is 1. The molecular formula is C25H31N5O2. The molecule has 1 amide bonds. The highest BCUT2D eigenvalue weighted by molar-refractivity contribution is 5.78. The SMILES string of the molecule is CC(C)CN1CC(OCc2ccncc2)CN(Cc2cn[nH]c2-c2ccccc2)CC1=O. The van der Waals surface area contributed by atoms with Gasteiger partial charge in [-0.05, 0) is 29.2 Å². The number of nitrogens with one attached hydrogen (secondary N) is 1. The number of H-pyrrole nitrogens is 1. The number of nitrogens with zero attached hydrogens (tertiary/aromatic N) is 4. The smallest absolute Gasteiger partial charge is 0.236 e. The fourth-order valence-corrected chi connectivity index (χ4v) is 4.11. The Hall–Kier alpha value is -3.03. The van der Waals surface area contributed by atoms with E-state index in [1.807, 2.05) is 41.4 Å². The van der Waals surface area contributed by atoms with Gasteiger partial charge in [0.1, 0.15) is 0 Å². The van der Waals surface area contributed by atoms with E-state index in [1.54, 1.807) is 12.4 Å². The van der Waals surface area contributed by atoms with E-state index in [-0.39, 0.29) is 12.0 Å². The maximum Gasteiger partial charge on any atom is 0.236 e. The van der Waals surface area contributed by atoms with Crippen LogP contribution >= 0.6 is 0 Å². The third kappa shape index (κ3) is 5.81. The fraction of sp³-hybridized carbons (Fsp3) is 0.400. The van der Waals surface area contributed by atoms with Crippen LogP contribution in [-0.2, 0) is 22.7 Å². The highest BCUT2D eigenvalue weighted by Crippen LogP contribution is 2.23. The molecule has 3 heterocycles. The monoisotopic (exact) mass is 433 g/mol. The zero-order valence-corrected chi connectivity index (χ0v) is 18.8. The number of amides is 1. The molecule has 1 unspecified atom stereocenters. The van der Waals surface area contributed by atoms with Crippen LogP contribution in [0.1, 0.15) is 25.0 Å². The Morgan fingerprint density at radius 3 is 2.66 bits per heavy atom. The number of rotatable bonds is 8. The molecule has 7 nitrogen and oxygen atoms in total. The minimum atomic E-state index is -0.0690. The van der Waals surface area contributed by atoms with E-state index in [9.17, 15) is 4.79 Å². The first kappa shape index (κ1) is 22.2. The van der Waals surface area contributed by atoms with Gasteiger partial charge in [-0.2, -0.15) is 5.10 Å². The Morgan fingerprint density at radius 1 is 1.12 bits per heavy atom. The number of hydrogen-bond donors (Lipinski definition) is 1. The summed E-state index contributed by atoms with van der Waals surface area (Å²) in [5.41, 5.74) is 4.25. The summed E-state index contributed by atoms with van der Waals surface area (Å²) in [5.74, 6) is 0.559. The first-order chi connectivity index (χ1) is 15.6. The number of carbonyl (C=O) groups excluding carboxylic acids is 1. The lowest BCUT2D eigenvalue weighted by Crippen LogP contribution is -2.40. The maximum atomic E-state index is 13.1. The van der Waals surface area contributed by atoms with Crippen LogP contribution in [0.3, 0.4) is 0 Å².